The SMILES string of the molecule is Cc1csc(SCc2c(C(=O)NCC(=O)OCc3ccccc3)oc3ccccc23)n1. The van der Waals surface area contributed by atoms with Crippen LogP contribution in [-0.4, -0.2) is 23.4 Å². The van der Waals surface area contributed by atoms with E-state index in [0.717, 1.165) is 26.5 Å². The fraction of sp³-hybridized carbons (Fsp3) is 0.174. The number of thioether (sulfide) groups is 1. The van der Waals surface area contributed by atoms with Crippen LogP contribution in [0.2, 0.25) is 0 Å². The van der Waals surface area contributed by atoms with Gasteiger partial charge in [0.2, 0.25) is 0 Å². The second kappa shape index (κ2) is 9.80. The molecule has 0 aliphatic rings. The lowest BCUT2D eigenvalue weighted by atomic mass is 10.1. The van der Waals surface area contributed by atoms with Crippen molar-refractivity contribution < 1.29 is 18.7 Å². The molecular formula is C23H20N2O4S2. The van der Waals surface area contributed by atoms with Crippen molar-refractivity contribution in [1.82, 2.24) is 10.3 Å². The number of nitrogens with zero attached hydrogens (tertiary/aromatic N) is 1. The predicted molar refractivity (Wildman–Crippen MR) is 121 cm³/mol. The van der Waals surface area contributed by atoms with Crippen molar-refractivity contribution in [3.05, 3.63) is 82.6 Å². The van der Waals surface area contributed by atoms with Crippen LogP contribution in [0.3, 0.4) is 0 Å². The number of hydrogen-bond acceptors (Lipinski definition) is 7. The highest BCUT2D eigenvalue weighted by Crippen LogP contribution is 2.33. The van der Waals surface area contributed by atoms with Gasteiger partial charge in [0, 0.05) is 27.8 Å². The molecule has 0 aliphatic heterocycles. The van der Waals surface area contributed by atoms with E-state index in [9.17, 15) is 9.59 Å². The second-order valence-electron chi connectivity index (χ2n) is 6.78. The topological polar surface area (TPSA) is 81.4 Å². The van der Waals surface area contributed by atoms with Crippen LogP contribution in [0, 0.1) is 6.92 Å². The Morgan fingerprint density at radius 3 is 2.68 bits per heavy atom. The van der Waals surface area contributed by atoms with E-state index in [4.69, 9.17) is 9.15 Å². The Hall–Kier alpha value is -3.10. The van der Waals surface area contributed by atoms with E-state index in [1.165, 1.54) is 0 Å². The Morgan fingerprint density at radius 1 is 1.13 bits per heavy atom. The van der Waals surface area contributed by atoms with E-state index < -0.39 is 11.9 Å². The van der Waals surface area contributed by atoms with Crippen molar-refractivity contribution in [1.29, 1.82) is 0 Å². The van der Waals surface area contributed by atoms with Gasteiger partial charge in [-0.25, -0.2) is 4.98 Å². The number of aromatic nitrogens is 1. The van der Waals surface area contributed by atoms with Crippen LogP contribution in [0.15, 0.2) is 68.7 Å². The van der Waals surface area contributed by atoms with Crippen LogP contribution in [0.1, 0.15) is 27.4 Å². The summed E-state index contributed by atoms with van der Waals surface area (Å²) in [7, 11) is 0. The molecule has 158 valence electrons. The van der Waals surface area contributed by atoms with Gasteiger partial charge in [-0.15, -0.1) is 11.3 Å². The zero-order valence-electron chi connectivity index (χ0n) is 16.8. The number of rotatable bonds is 8. The third kappa shape index (κ3) is 5.34. The smallest absolute Gasteiger partial charge is 0.325 e. The van der Waals surface area contributed by atoms with E-state index in [0.29, 0.717) is 11.3 Å². The van der Waals surface area contributed by atoms with Crippen molar-refractivity contribution >= 4 is 45.9 Å². The van der Waals surface area contributed by atoms with Gasteiger partial charge in [-0.1, -0.05) is 60.3 Å². The number of benzene rings is 2. The summed E-state index contributed by atoms with van der Waals surface area (Å²) in [6.07, 6.45) is 0. The maximum absolute atomic E-state index is 12.8. The molecule has 0 radical (unpaired) electrons. The van der Waals surface area contributed by atoms with Crippen molar-refractivity contribution in [2.45, 2.75) is 23.6 Å². The standard InChI is InChI=1S/C23H20N2O4S2/c1-15-13-30-23(25-15)31-14-18-17-9-5-6-10-19(17)29-21(18)22(27)24-11-20(26)28-12-16-7-3-2-4-8-16/h2-10,13H,11-12,14H2,1H3,(H,24,27). The summed E-state index contributed by atoms with van der Waals surface area (Å²) in [6, 6.07) is 16.9. The summed E-state index contributed by atoms with van der Waals surface area (Å²) in [4.78, 5) is 29.3. The molecule has 2 aromatic heterocycles. The molecule has 0 saturated heterocycles. The second-order valence-corrected chi connectivity index (χ2v) is 8.86. The summed E-state index contributed by atoms with van der Waals surface area (Å²) in [5, 5.41) is 5.47. The molecular weight excluding hydrogens is 432 g/mol. The van der Waals surface area contributed by atoms with Gasteiger partial charge in [0.05, 0.1) is 0 Å². The van der Waals surface area contributed by atoms with Crippen LogP contribution in [0.5, 0.6) is 0 Å². The van der Waals surface area contributed by atoms with Gasteiger partial charge < -0.3 is 14.5 Å². The normalized spacial score (nSPS) is 10.9. The number of amides is 1. The van der Waals surface area contributed by atoms with E-state index >= 15 is 0 Å². The average Bonchev–Trinajstić information content (AvgIpc) is 3.38. The van der Waals surface area contributed by atoms with Gasteiger partial charge in [-0.2, -0.15) is 0 Å². The molecule has 31 heavy (non-hydrogen) atoms. The molecule has 6 nitrogen and oxygen atoms in total. The predicted octanol–water partition coefficient (Wildman–Crippen LogP) is 4.96. The number of para-hydroxylation sites is 1. The number of aryl methyl sites for hydroxylation is 1. The minimum Gasteiger partial charge on any atom is -0.460 e. The Labute approximate surface area is 187 Å². The number of hydrogen-bond donors (Lipinski definition) is 1. The van der Waals surface area contributed by atoms with Gasteiger partial charge in [-0.05, 0) is 18.6 Å². The van der Waals surface area contributed by atoms with Crippen LogP contribution in [-0.2, 0) is 21.9 Å². The van der Waals surface area contributed by atoms with Gasteiger partial charge >= 0.3 is 5.97 Å². The zero-order chi connectivity index (χ0) is 21.6. The summed E-state index contributed by atoms with van der Waals surface area (Å²) < 4.78 is 12.0. The zero-order valence-corrected chi connectivity index (χ0v) is 18.4. The number of thiazole rings is 1. The molecule has 0 fully saturated rings. The number of furan rings is 1. The molecule has 4 aromatic rings. The Balaban J connectivity index is 1.42. The molecule has 4 rings (SSSR count). The Morgan fingerprint density at radius 2 is 1.90 bits per heavy atom. The summed E-state index contributed by atoms with van der Waals surface area (Å²) >= 11 is 3.12. The summed E-state index contributed by atoms with van der Waals surface area (Å²) in [5.74, 6) is -0.218. The maximum Gasteiger partial charge on any atom is 0.325 e. The lowest BCUT2D eigenvalue weighted by molar-refractivity contribution is -0.143. The fourth-order valence-electron chi connectivity index (χ4n) is 2.98. The van der Waals surface area contributed by atoms with Gasteiger partial charge in [-0.3, -0.25) is 9.59 Å². The largest absolute Gasteiger partial charge is 0.460 e. The number of ether oxygens (including phenoxy) is 1. The first-order valence-electron chi connectivity index (χ1n) is 9.63. The Bertz CT molecular complexity index is 1200. The van der Waals surface area contributed by atoms with E-state index in [1.54, 1.807) is 23.1 Å². The van der Waals surface area contributed by atoms with Crippen LogP contribution < -0.4 is 5.32 Å². The molecule has 0 bridgehead atoms. The quantitative estimate of drug-likeness (QED) is 0.300. The van der Waals surface area contributed by atoms with Crippen molar-refractivity contribution in [3.63, 3.8) is 0 Å². The Kier molecular flexibility index (Phi) is 6.69. The first-order chi connectivity index (χ1) is 15.1. The summed E-state index contributed by atoms with van der Waals surface area (Å²) in [5.41, 5.74) is 3.27. The summed E-state index contributed by atoms with van der Waals surface area (Å²) in [6.45, 7) is 1.87. The molecule has 2 heterocycles. The first-order valence-corrected chi connectivity index (χ1v) is 11.5. The minimum atomic E-state index is -0.512. The van der Waals surface area contributed by atoms with E-state index in [-0.39, 0.29) is 18.9 Å². The lowest BCUT2D eigenvalue weighted by Crippen LogP contribution is -2.30. The van der Waals surface area contributed by atoms with Gasteiger partial charge in [0.15, 0.2) is 5.76 Å². The first kappa shape index (κ1) is 21.1. The third-order valence-electron chi connectivity index (χ3n) is 4.48. The van der Waals surface area contributed by atoms with Crippen molar-refractivity contribution in [2.75, 3.05) is 6.54 Å². The molecule has 0 atom stereocenters. The van der Waals surface area contributed by atoms with Gasteiger partial charge in [0.1, 0.15) is 23.1 Å². The highest BCUT2D eigenvalue weighted by molar-refractivity contribution is 8.00. The number of fused-ring (bicyclic) bond motifs is 1. The fourth-order valence-corrected chi connectivity index (χ4v) is 4.86. The molecule has 1 amide bonds. The molecule has 0 aliphatic carbocycles. The van der Waals surface area contributed by atoms with Crippen molar-refractivity contribution in [3.8, 4) is 0 Å². The highest BCUT2D eigenvalue weighted by Gasteiger charge is 2.21. The van der Waals surface area contributed by atoms with Crippen LogP contribution in [0.4, 0.5) is 0 Å². The van der Waals surface area contributed by atoms with Crippen LogP contribution >= 0.6 is 23.1 Å². The minimum absolute atomic E-state index is 0.162. The molecule has 2 aromatic carbocycles. The monoisotopic (exact) mass is 452 g/mol. The van der Waals surface area contributed by atoms with E-state index in [2.05, 4.69) is 10.3 Å². The average molecular weight is 453 g/mol. The van der Waals surface area contributed by atoms with Crippen LogP contribution in [0.25, 0.3) is 11.0 Å². The van der Waals surface area contributed by atoms with Gasteiger partial charge in [0.25, 0.3) is 5.91 Å². The third-order valence-corrected chi connectivity index (χ3v) is 6.64. The molecule has 0 unspecified atom stereocenters. The van der Waals surface area contributed by atoms with E-state index in [1.807, 2.05) is 66.9 Å². The number of carbonyl (C=O) groups is 2. The van der Waals surface area contributed by atoms with Crippen molar-refractivity contribution in [2.24, 2.45) is 0 Å². The maximum atomic E-state index is 12.8. The molecule has 0 spiro atoms. The highest BCUT2D eigenvalue weighted by atomic mass is 32.2. The molecule has 1 N–H and O–H groups in total. The lowest BCUT2D eigenvalue weighted by Gasteiger charge is -2.07. The number of carbonyl (C=O) groups excluding carboxylic acids is 2. The number of esters is 1. The molecule has 0 saturated carbocycles. The molecule has 8 heteroatoms. The number of nitrogens with one attached hydrogen (secondary N) is 1.